The van der Waals surface area contributed by atoms with Crippen LogP contribution in [0.5, 0.6) is 5.75 Å². The Morgan fingerprint density at radius 3 is 2.85 bits per heavy atom. The van der Waals surface area contributed by atoms with Gasteiger partial charge in [0.05, 0.1) is 13.7 Å². The van der Waals surface area contributed by atoms with Crippen molar-refractivity contribution in [3.8, 4) is 5.75 Å². The molecule has 0 aromatic heterocycles. The van der Waals surface area contributed by atoms with Crippen molar-refractivity contribution in [3.63, 3.8) is 0 Å². The van der Waals surface area contributed by atoms with Gasteiger partial charge in [-0.2, -0.15) is 0 Å². The minimum atomic E-state index is 0.0865. The van der Waals surface area contributed by atoms with Gasteiger partial charge < -0.3 is 20.4 Å². The Morgan fingerprint density at radius 1 is 1.45 bits per heavy atom. The minimum absolute atomic E-state index is 0.0865. The van der Waals surface area contributed by atoms with E-state index in [0.717, 1.165) is 30.3 Å². The average Bonchev–Trinajstić information content (AvgIpc) is 2.44. The maximum absolute atomic E-state index is 8.71. The van der Waals surface area contributed by atoms with Gasteiger partial charge in [0.1, 0.15) is 5.75 Å². The van der Waals surface area contributed by atoms with Crippen molar-refractivity contribution < 1.29 is 14.7 Å². The van der Waals surface area contributed by atoms with Gasteiger partial charge in [0, 0.05) is 17.7 Å². The molecule has 1 aliphatic carbocycles. The number of oxime groups is 1. The van der Waals surface area contributed by atoms with E-state index in [1.54, 1.807) is 19.2 Å². The van der Waals surface area contributed by atoms with E-state index in [1.165, 1.54) is 19.3 Å². The first-order valence-corrected chi connectivity index (χ1v) is 6.97. The van der Waals surface area contributed by atoms with Gasteiger partial charge in [-0.05, 0) is 30.5 Å². The zero-order valence-electron chi connectivity index (χ0n) is 11.8. The predicted octanol–water partition coefficient (Wildman–Crippen LogP) is 2.50. The Kier molecular flexibility index (Phi) is 5.24. The summed E-state index contributed by atoms with van der Waals surface area (Å²) in [7, 11) is 1.62. The highest BCUT2D eigenvalue weighted by Crippen LogP contribution is 2.29. The summed E-state index contributed by atoms with van der Waals surface area (Å²) in [5.74, 6) is 1.69. The molecule has 0 spiro atoms. The summed E-state index contributed by atoms with van der Waals surface area (Å²) in [6.45, 7) is 1.24. The van der Waals surface area contributed by atoms with Gasteiger partial charge in [0.2, 0.25) is 0 Å². The Balaban J connectivity index is 1.93. The first-order chi connectivity index (χ1) is 9.74. The Hall–Kier alpha value is -1.75. The highest BCUT2D eigenvalue weighted by molar-refractivity contribution is 5.97. The van der Waals surface area contributed by atoms with E-state index in [-0.39, 0.29) is 5.84 Å². The third kappa shape index (κ3) is 3.63. The molecule has 1 aromatic carbocycles. The van der Waals surface area contributed by atoms with E-state index < -0.39 is 0 Å². The fraction of sp³-hybridized carbons (Fsp3) is 0.533. The van der Waals surface area contributed by atoms with Crippen molar-refractivity contribution in [2.75, 3.05) is 13.7 Å². The number of hydrogen-bond acceptors (Lipinski definition) is 4. The molecule has 3 N–H and O–H groups in total. The molecular formula is C15H22N2O3. The molecule has 0 atom stereocenters. The normalized spacial score (nSPS) is 15.9. The van der Waals surface area contributed by atoms with Crippen molar-refractivity contribution in [1.29, 1.82) is 0 Å². The highest BCUT2D eigenvalue weighted by atomic mass is 16.5. The molecule has 0 amide bonds. The lowest BCUT2D eigenvalue weighted by Gasteiger charge is -2.24. The van der Waals surface area contributed by atoms with Gasteiger partial charge >= 0.3 is 0 Å². The summed E-state index contributed by atoms with van der Waals surface area (Å²) < 4.78 is 11.0. The number of nitrogens with two attached hydrogens (primary N) is 1. The summed E-state index contributed by atoms with van der Waals surface area (Å²) in [5.41, 5.74) is 7.16. The van der Waals surface area contributed by atoms with Crippen molar-refractivity contribution in [3.05, 3.63) is 29.3 Å². The van der Waals surface area contributed by atoms with Crippen LogP contribution in [0.3, 0.4) is 0 Å². The van der Waals surface area contributed by atoms with Crippen molar-refractivity contribution >= 4 is 5.84 Å². The summed E-state index contributed by atoms with van der Waals surface area (Å²) in [6.07, 6.45) is 5.17. The molecule has 1 fully saturated rings. The van der Waals surface area contributed by atoms with Gasteiger partial charge in [0.25, 0.3) is 0 Å². The lowest BCUT2D eigenvalue weighted by molar-refractivity contribution is 0.0936. The molecule has 110 valence electrons. The maximum atomic E-state index is 8.71. The van der Waals surface area contributed by atoms with Gasteiger partial charge in [-0.25, -0.2) is 0 Å². The summed E-state index contributed by atoms with van der Waals surface area (Å²) in [4.78, 5) is 0. The zero-order valence-corrected chi connectivity index (χ0v) is 11.8. The Morgan fingerprint density at radius 2 is 2.25 bits per heavy atom. The van der Waals surface area contributed by atoms with Gasteiger partial charge in [-0.15, -0.1) is 0 Å². The molecule has 0 radical (unpaired) electrons. The fourth-order valence-electron chi connectivity index (χ4n) is 2.32. The van der Waals surface area contributed by atoms with Crippen LogP contribution in [0.1, 0.15) is 36.8 Å². The van der Waals surface area contributed by atoms with Crippen molar-refractivity contribution in [1.82, 2.24) is 0 Å². The first kappa shape index (κ1) is 14.7. The first-order valence-electron chi connectivity index (χ1n) is 6.97. The second-order valence-electron chi connectivity index (χ2n) is 5.15. The average molecular weight is 278 g/mol. The number of rotatable bonds is 7. The quantitative estimate of drug-likeness (QED) is 0.264. The second kappa shape index (κ2) is 7.14. The third-order valence-electron chi connectivity index (χ3n) is 3.84. The number of methoxy groups -OCH3 is 1. The third-order valence-corrected chi connectivity index (χ3v) is 3.84. The van der Waals surface area contributed by atoms with Crippen molar-refractivity contribution in [2.45, 2.75) is 32.3 Å². The summed E-state index contributed by atoms with van der Waals surface area (Å²) in [5, 5.41) is 11.7. The molecule has 2 rings (SSSR count). The molecule has 5 nitrogen and oxygen atoms in total. The molecule has 0 aliphatic heterocycles. The van der Waals surface area contributed by atoms with E-state index in [2.05, 4.69) is 5.16 Å². The van der Waals surface area contributed by atoms with Gasteiger partial charge in [0.15, 0.2) is 5.84 Å². The number of ether oxygens (including phenoxy) is 2. The number of nitrogens with zero attached hydrogens (tertiary/aromatic N) is 1. The Labute approximate surface area is 119 Å². The molecule has 0 unspecified atom stereocenters. The maximum Gasteiger partial charge on any atom is 0.170 e. The smallest absolute Gasteiger partial charge is 0.170 e. The van der Waals surface area contributed by atoms with E-state index in [1.807, 2.05) is 6.07 Å². The standard InChI is InChI=1S/C15H22N2O3/c1-19-14-6-5-12(15(16)17-18)9-13(14)10-20-8-7-11-3-2-4-11/h5-6,9,11,18H,2-4,7-8,10H2,1H3,(H2,16,17). The highest BCUT2D eigenvalue weighted by Gasteiger charge is 2.16. The predicted molar refractivity (Wildman–Crippen MR) is 77.1 cm³/mol. The van der Waals surface area contributed by atoms with Crippen LogP contribution >= 0.6 is 0 Å². The molecule has 1 aliphatic rings. The van der Waals surface area contributed by atoms with E-state index in [0.29, 0.717) is 12.2 Å². The molecule has 5 heteroatoms. The SMILES string of the molecule is COc1ccc(/C(N)=N/O)cc1COCCC1CCC1. The summed E-state index contributed by atoms with van der Waals surface area (Å²) >= 11 is 0. The Bertz CT molecular complexity index is 470. The number of benzene rings is 1. The van der Waals surface area contributed by atoms with Crippen LogP contribution in [0, 0.1) is 5.92 Å². The van der Waals surface area contributed by atoms with Crippen LogP contribution in [0.4, 0.5) is 0 Å². The van der Waals surface area contributed by atoms with Crippen LogP contribution in [0.25, 0.3) is 0 Å². The second-order valence-corrected chi connectivity index (χ2v) is 5.15. The van der Waals surface area contributed by atoms with Crippen LogP contribution in [-0.2, 0) is 11.3 Å². The molecular weight excluding hydrogens is 256 g/mol. The number of amidine groups is 1. The molecule has 0 bridgehead atoms. The van der Waals surface area contributed by atoms with E-state index in [9.17, 15) is 0 Å². The van der Waals surface area contributed by atoms with Crippen LogP contribution in [-0.4, -0.2) is 24.8 Å². The topological polar surface area (TPSA) is 77.1 Å². The largest absolute Gasteiger partial charge is 0.496 e. The van der Waals surface area contributed by atoms with Crippen LogP contribution in [0.15, 0.2) is 23.4 Å². The van der Waals surface area contributed by atoms with Crippen molar-refractivity contribution in [2.24, 2.45) is 16.8 Å². The minimum Gasteiger partial charge on any atom is -0.496 e. The van der Waals surface area contributed by atoms with Gasteiger partial charge in [-0.3, -0.25) is 0 Å². The number of hydrogen-bond donors (Lipinski definition) is 2. The molecule has 1 aromatic rings. The van der Waals surface area contributed by atoms with E-state index in [4.69, 9.17) is 20.4 Å². The molecule has 20 heavy (non-hydrogen) atoms. The molecule has 0 saturated heterocycles. The van der Waals surface area contributed by atoms with Crippen LogP contribution in [0.2, 0.25) is 0 Å². The zero-order chi connectivity index (χ0) is 14.4. The fourth-order valence-corrected chi connectivity index (χ4v) is 2.32. The molecule has 0 heterocycles. The lowest BCUT2D eigenvalue weighted by atomic mass is 9.83. The van der Waals surface area contributed by atoms with Crippen LogP contribution < -0.4 is 10.5 Å². The summed E-state index contributed by atoms with van der Waals surface area (Å²) in [6, 6.07) is 5.39. The van der Waals surface area contributed by atoms with Gasteiger partial charge in [-0.1, -0.05) is 24.4 Å². The monoisotopic (exact) mass is 278 g/mol. The molecule has 1 saturated carbocycles. The van der Waals surface area contributed by atoms with E-state index >= 15 is 0 Å². The lowest BCUT2D eigenvalue weighted by Crippen LogP contribution is -2.14.